The molecule has 0 unspecified atom stereocenters. The first-order valence-corrected chi connectivity index (χ1v) is 10.1. The van der Waals surface area contributed by atoms with Gasteiger partial charge in [-0.1, -0.05) is 0 Å². The summed E-state index contributed by atoms with van der Waals surface area (Å²) in [6.07, 6.45) is 11.9. The standard InChI is InChI=1S/C21H24N6O2/c28-9-10-29-17-3-1-15(2-4-17)25-21-23-13-19-18(12-22-20(19)26-21)14-6-8-27-16(11-14)5-7-24-27/h5-8,11-13,15,17,28H,1-4,9-10H2,(H2,22,23,25,26)/t15-,17+. The van der Waals surface area contributed by atoms with Crippen LogP contribution in [0.4, 0.5) is 5.95 Å². The summed E-state index contributed by atoms with van der Waals surface area (Å²) in [7, 11) is 0. The highest BCUT2D eigenvalue weighted by Gasteiger charge is 2.22. The van der Waals surface area contributed by atoms with E-state index in [1.165, 1.54) is 0 Å². The third-order valence-electron chi connectivity index (χ3n) is 5.60. The third-order valence-corrected chi connectivity index (χ3v) is 5.60. The Kier molecular flexibility index (Phi) is 4.87. The molecular weight excluding hydrogens is 368 g/mol. The summed E-state index contributed by atoms with van der Waals surface area (Å²) in [6, 6.07) is 6.49. The van der Waals surface area contributed by atoms with E-state index in [0.29, 0.717) is 18.6 Å². The molecule has 8 nitrogen and oxygen atoms in total. The van der Waals surface area contributed by atoms with Crippen LogP contribution < -0.4 is 5.32 Å². The van der Waals surface area contributed by atoms with E-state index in [4.69, 9.17) is 9.84 Å². The number of aromatic nitrogens is 5. The summed E-state index contributed by atoms with van der Waals surface area (Å²) >= 11 is 0. The lowest BCUT2D eigenvalue weighted by molar-refractivity contribution is 0.00719. The van der Waals surface area contributed by atoms with E-state index in [0.717, 1.165) is 53.4 Å². The molecule has 29 heavy (non-hydrogen) atoms. The minimum absolute atomic E-state index is 0.0838. The summed E-state index contributed by atoms with van der Waals surface area (Å²) in [5.74, 6) is 0.650. The van der Waals surface area contributed by atoms with Crippen molar-refractivity contribution in [1.82, 2.24) is 24.6 Å². The highest BCUT2D eigenvalue weighted by atomic mass is 16.5. The van der Waals surface area contributed by atoms with Gasteiger partial charge in [-0.3, -0.25) is 0 Å². The largest absolute Gasteiger partial charge is 0.394 e. The van der Waals surface area contributed by atoms with Gasteiger partial charge in [0.1, 0.15) is 5.65 Å². The maximum absolute atomic E-state index is 8.88. The minimum atomic E-state index is 0.0838. The number of nitrogens with zero attached hydrogens (tertiary/aromatic N) is 4. The van der Waals surface area contributed by atoms with Gasteiger partial charge in [0.25, 0.3) is 0 Å². The number of pyridine rings is 1. The lowest BCUT2D eigenvalue weighted by Crippen LogP contribution is -2.30. The van der Waals surface area contributed by atoms with Crippen molar-refractivity contribution in [3.8, 4) is 11.1 Å². The summed E-state index contributed by atoms with van der Waals surface area (Å²) in [5.41, 5.74) is 4.06. The minimum Gasteiger partial charge on any atom is -0.394 e. The van der Waals surface area contributed by atoms with E-state index in [1.54, 1.807) is 6.20 Å². The number of hydrogen-bond donors (Lipinski definition) is 3. The molecule has 1 aliphatic rings. The fraction of sp³-hybridized carbons (Fsp3) is 0.381. The molecule has 4 aromatic heterocycles. The van der Waals surface area contributed by atoms with Crippen LogP contribution in [-0.2, 0) is 4.74 Å². The van der Waals surface area contributed by atoms with Gasteiger partial charge in [-0.15, -0.1) is 0 Å². The monoisotopic (exact) mass is 392 g/mol. The molecule has 0 saturated heterocycles. The Hall–Kier alpha value is -2.97. The first-order chi connectivity index (χ1) is 14.3. The van der Waals surface area contributed by atoms with Crippen molar-refractivity contribution in [2.45, 2.75) is 37.8 Å². The Bertz CT molecular complexity index is 1110. The van der Waals surface area contributed by atoms with E-state index in [9.17, 15) is 0 Å². The number of rotatable bonds is 6. The van der Waals surface area contributed by atoms with Crippen molar-refractivity contribution in [2.24, 2.45) is 0 Å². The van der Waals surface area contributed by atoms with E-state index >= 15 is 0 Å². The van der Waals surface area contributed by atoms with Gasteiger partial charge in [-0.2, -0.15) is 10.1 Å². The Balaban J connectivity index is 1.30. The predicted molar refractivity (Wildman–Crippen MR) is 111 cm³/mol. The van der Waals surface area contributed by atoms with Crippen LogP contribution in [0.2, 0.25) is 0 Å². The second kappa shape index (κ2) is 7.81. The molecule has 1 fully saturated rings. The smallest absolute Gasteiger partial charge is 0.224 e. The van der Waals surface area contributed by atoms with Crippen molar-refractivity contribution >= 4 is 22.5 Å². The normalized spacial score (nSPS) is 19.8. The number of ether oxygens (including phenoxy) is 1. The van der Waals surface area contributed by atoms with Crippen LogP contribution in [0.5, 0.6) is 0 Å². The lowest BCUT2D eigenvalue weighted by atomic mass is 9.93. The van der Waals surface area contributed by atoms with Gasteiger partial charge in [0.2, 0.25) is 5.95 Å². The average molecular weight is 392 g/mol. The number of aliphatic hydroxyl groups excluding tert-OH is 1. The van der Waals surface area contributed by atoms with Crippen LogP contribution in [-0.4, -0.2) is 55.0 Å². The lowest BCUT2D eigenvalue weighted by Gasteiger charge is -2.28. The summed E-state index contributed by atoms with van der Waals surface area (Å²) in [5, 5.41) is 17.6. The fourth-order valence-corrected chi connectivity index (χ4v) is 4.08. The highest BCUT2D eigenvalue weighted by molar-refractivity contribution is 5.94. The zero-order chi connectivity index (χ0) is 19.6. The van der Waals surface area contributed by atoms with Crippen LogP contribution in [0.15, 0.2) is 43.0 Å². The van der Waals surface area contributed by atoms with Gasteiger partial charge in [0.05, 0.1) is 24.8 Å². The van der Waals surface area contributed by atoms with Crippen LogP contribution in [0.25, 0.3) is 27.7 Å². The van der Waals surface area contributed by atoms with Crippen molar-refractivity contribution in [3.05, 3.63) is 43.0 Å². The molecule has 4 heterocycles. The Labute approximate surface area is 167 Å². The van der Waals surface area contributed by atoms with Crippen LogP contribution in [0.3, 0.4) is 0 Å². The van der Waals surface area contributed by atoms with Crippen LogP contribution >= 0.6 is 0 Å². The Morgan fingerprint density at radius 2 is 2.14 bits per heavy atom. The van der Waals surface area contributed by atoms with Crippen LogP contribution in [0.1, 0.15) is 25.7 Å². The number of nitrogens with one attached hydrogen (secondary N) is 2. The topological polar surface area (TPSA) is 100 Å². The molecule has 1 saturated carbocycles. The third kappa shape index (κ3) is 3.68. The molecule has 8 heteroatoms. The van der Waals surface area contributed by atoms with Gasteiger partial charge in [0.15, 0.2) is 0 Å². The van der Waals surface area contributed by atoms with Gasteiger partial charge in [-0.25, -0.2) is 9.50 Å². The van der Waals surface area contributed by atoms with E-state index < -0.39 is 0 Å². The number of fused-ring (bicyclic) bond motifs is 2. The quantitative estimate of drug-likeness (QED) is 0.466. The summed E-state index contributed by atoms with van der Waals surface area (Å²) in [4.78, 5) is 12.5. The molecule has 0 spiro atoms. The molecule has 4 aromatic rings. The molecule has 0 amide bonds. The van der Waals surface area contributed by atoms with Crippen molar-refractivity contribution in [2.75, 3.05) is 18.5 Å². The Morgan fingerprint density at radius 1 is 1.24 bits per heavy atom. The molecule has 0 aliphatic heterocycles. The highest BCUT2D eigenvalue weighted by Crippen LogP contribution is 2.29. The molecule has 5 rings (SSSR count). The molecule has 0 atom stereocenters. The maximum atomic E-state index is 8.88. The van der Waals surface area contributed by atoms with Gasteiger partial charge >= 0.3 is 0 Å². The van der Waals surface area contributed by atoms with Crippen molar-refractivity contribution in [3.63, 3.8) is 0 Å². The first-order valence-electron chi connectivity index (χ1n) is 10.1. The zero-order valence-electron chi connectivity index (χ0n) is 16.1. The van der Waals surface area contributed by atoms with Gasteiger partial charge in [0, 0.05) is 41.8 Å². The van der Waals surface area contributed by atoms with Crippen molar-refractivity contribution < 1.29 is 9.84 Å². The Morgan fingerprint density at radius 3 is 3.00 bits per heavy atom. The number of aliphatic hydroxyl groups is 1. The van der Waals surface area contributed by atoms with E-state index in [-0.39, 0.29) is 12.7 Å². The molecule has 0 radical (unpaired) electrons. The molecule has 0 bridgehead atoms. The zero-order valence-corrected chi connectivity index (χ0v) is 16.1. The van der Waals surface area contributed by atoms with E-state index in [1.807, 2.05) is 35.2 Å². The fourth-order valence-electron chi connectivity index (χ4n) is 4.08. The molecule has 3 N–H and O–H groups in total. The summed E-state index contributed by atoms with van der Waals surface area (Å²) in [6.45, 7) is 0.506. The molecule has 1 aliphatic carbocycles. The molecule has 0 aromatic carbocycles. The maximum Gasteiger partial charge on any atom is 0.224 e. The number of anilines is 1. The van der Waals surface area contributed by atoms with Crippen LogP contribution in [0, 0.1) is 0 Å². The first kappa shape index (κ1) is 18.1. The van der Waals surface area contributed by atoms with Crippen molar-refractivity contribution in [1.29, 1.82) is 0 Å². The second-order valence-corrected chi connectivity index (χ2v) is 7.49. The predicted octanol–water partition coefficient (Wildman–Crippen LogP) is 3.00. The molecular formula is C21H24N6O2. The summed E-state index contributed by atoms with van der Waals surface area (Å²) < 4.78 is 7.48. The SMILES string of the molecule is OCCO[C@H]1CC[C@@H](Nc2ncc3c(-c4ccn5nccc5c4)c[nH]c3n2)CC1. The average Bonchev–Trinajstić information content (AvgIpc) is 3.39. The number of H-pyrrole nitrogens is 1. The number of hydrogen-bond acceptors (Lipinski definition) is 6. The number of aromatic amines is 1. The molecule has 150 valence electrons. The van der Waals surface area contributed by atoms with E-state index in [2.05, 4.69) is 31.4 Å². The van der Waals surface area contributed by atoms with Gasteiger partial charge < -0.3 is 20.1 Å². The second-order valence-electron chi connectivity index (χ2n) is 7.49. The van der Waals surface area contributed by atoms with Gasteiger partial charge in [-0.05, 0) is 49.4 Å².